The van der Waals surface area contributed by atoms with Crippen LogP contribution in [0.1, 0.15) is 17.7 Å². The van der Waals surface area contributed by atoms with Gasteiger partial charge in [-0.15, -0.1) is 0 Å². The highest BCUT2D eigenvalue weighted by atomic mass is 32.2. The quantitative estimate of drug-likeness (QED) is 0.373. The summed E-state index contributed by atoms with van der Waals surface area (Å²) in [6.45, 7) is 1.42. The van der Waals surface area contributed by atoms with Crippen LogP contribution in [0.25, 0.3) is 0 Å². The van der Waals surface area contributed by atoms with E-state index in [-0.39, 0.29) is 23.0 Å². The number of nitrogens with zero attached hydrogens (tertiary/aromatic N) is 3. The number of ether oxygens (including phenoxy) is 1. The van der Waals surface area contributed by atoms with Crippen LogP contribution in [0.4, 0.5) is 5.88 Å². The summed E-state index contributed by atoms with van der Waals surface area (Å²) >= 11 is 0. The van der Waals surface area contributed by atoms with Crippen LogP contribution in [0, 0.1) is 10.1 Å². The van der Waals surface area contributed by atoms with E-state index in [1.54, 1.807) is 12.1 Å². The van der Waals surface area contributed by atoms with E-state index in [1.165, 1.54) is 28.6 Å². The zero-order valence-electron chi connectivity index (χ0n) is 15.9. The Hall–Kier alpha value is -3.09. The van der Waals surface area contributed by atoms with Crippen molar-refractivity contribution in [1.82, 2.24) is 9.73 Å². The van der Waals surface area contributed by atoms with Crippen LogP contribution < -0.4 is 5.43 Å². The maximum atomic E-state index is 12.6. The number of morpholine rings is 1. The molecule has 3 rings (SSSR count). The van der Waals surface area contributed by atoms with E-state index in [0.29, 0.717) is 32.7 Å². The molecule has 12 heteroatoms. The summed E-state index contributed by atoms with van der Waals surface area (Å²) < 4.78 is 36.6. The zero-order valence-corrected chi connectivity index (χ0v) is 16.7. The Bertz CT molecular complexity index is 1030. The van der Waals surface area contributed by atoms with Crippen molar-refractivity contribution >= 4 is 28.0 Å². The molecule has 1 aromatic heterocycles. The van der Waals surface area contributed by atoms with Gasteiger partial charge in [-0.05, 0) is 30.2 Å². The number of hydrogen-bond acceptors (Lipinski definition) is 8. The van der Waals surface area contributed by atoms with Crippen LogP contribution >= 0.6 is 0 Å². The van der Waals surface area contributed by atoms with E-state index in [1.807, 2.05) is 0 Å². The molecule has 0 atom stereocenters. The smallest absolute Gasteiger partial charge is 0.400 e. The molecular weight excluding hydrogens is 416 g/mol. The number of nitrogens with one attached hydrogen (secondary N) is 1. The number of carbonyl (C=O) groups is 1. The van der Waals surface area contributed by atoms with E-state index < -0.39 is 20.8 Å². The highest BCUT2D eigenvalue weighted by molar-refractivity contribution is 7.89. The molecule has 0 radical (unpaired) electrons. The van der Waals surface area contributed by atoms with Gasteiger partial charge in [0, 0.05) is 19.5 Å². The van der Waals surface area contributed by atoms with Crippen LogP contribution in [-0.4, -0.2) is 56.1 Å². The molecule has 1 amide bonds. The summed E-state index contributed by atoms with van der Waals surface area (Å²) in [7, 11) is -3.55. The minimum Gasteiger partial charge on any atom is -0.400 e. The Kier molecular flexibility index (Phi) is 6.92. The first-order valence-electron chi connectivity index (χ1n) is 9.09. The van der Waals surface area contributed by atoms with Gasteiger partial charge in [0.15, 0.2) is 5.76 Å². The third-order valence-corrected chi connectivity index (χ3v) is 6.26. The normalized spacial score (nSPS) is 15.3. The van der Waals surface area contributed by atoms with Crippen molar-refractivity contribution < 1.29 is 27.3 Å². The third-order valence-electron chi connectivity index (χ3n) is 4.35. The van der Waals surface area contributed by atoms with Crippen LogP contribution in [0.15, 0.2) is 50.8 Å². The molecule has 2 heterocycles. The first-order chi connectivity index (χ1) is 14.4. The largest absolute Gasteiger partial charge is 0.433 e. The highest BCUT2D eigenvalue weighted by Gasteiger charge is 2.26. The van der Waals surface area contributed by atoms with Gasteiger partial charge in [0.25, 0.3) is 0 Å². The van der Waals surface area contributed by atoms with Crippen LogP contribution in [0.5, 0.6) is 0 Å². The van der Waals surface area contributed by atoms with E-state index in [9.17, 15) is 23.3 Å². The molecule has 0 bridgehead atoms. The second-order valence-corrected chi connectivity index (χ2v) is 8.32. The van der Waals surface area contributed by atoms with Crippen LogP contribution in [0.2, 0.25) is 0 Å². The molecule has 1 aliphatic heterocycles. The summed E-state index contributed by atoms with van der Waals surface area (Å²) in [4.78, 5) is 21.9. The van der Waals surface area contributed by atoms with Gasteiger partial charge in [0.2, 0.25) is 15.9 Å². The summed E-state index contributed by atoms with van der Waals surface area (Å²) in [5.74, 6) is -0.641. The van der Waals surface area contributed by atoms with Gasteiger partial charge >= 0.3 is 5.88 Å². The standard InChI is InChI=1S/C18H20N4O7S/c23-17(20-19-13-15-4-8-18(29-15)22(24)25)7-3-14-1-5-16(6-2-14)30(26,27)21-9-11-28-12-10-21/h1-2,4-6,8,13H,3,7,9-12H2,(H,20,23). The lowest BCUT2D eigenvalue weighted by Crippen LogP contribution is -2.40. The SMILES string of the molecule is O=C(CCc1ccc(S(=O)(=O)N2CCOCC2)cc1)NN=Cc1ccc([N+](=O)[O-])o1. The van der Waals surface area contributed by atoms with Gasteiger partial charge in [-0.2, -0.15) is 9.41 Å². The van der Waals surface area contributed by atoms with Gasteiger partial charge in [0.1, 0.15) is 4.92 Å². The average molecular weight is 436 g/mol. The fourth-order valence-corrected chi connectivity index (χ4v) is 4.16. The molecule has 11 nitrogen and oxygen atoms in total. The summed E-state index contributed by atoms with van der Waals surface area (Å²) in [6, 6.07) is 8.95. The van der Waals surface area contributed by atoms with Crippen molar-refractivity contribution in [2.45, 2.75) is 17.7 Å². The first kappa shape index (κ1) is 21.6. The average Bonchev–Trinajstić information content (AvgIpc) is 3.22. The van der Waals surface area contributed by atoms with Crippen LogP contribution in [0.3, 0.4) is 0 Å². The fraction of sp³-hybridized carbons (Fsp3) is 0.333. The van der Waals surface area contributed by atoms with E-state index in [2.05, 4.69) is 10.5 Å². The number of aryl methyl sites for hydroxylation is 1. The summed E-state index contributed by atoms with van der Waals surface area (Å²) in [6.07, 6.45) is 1.69. The van der Waals surface area contributed by atoms with Crippen molar-refractivity contribution in [3.8, 4) is 0 Å². The number of furan rings is 1. The minimum atomic E-state index is -3.55. The van der Waals surface area contributed by atoms with Crippen molar-refractivity contribution in [3.05, 3.63) is 57.8 Å². The van der Waals surface area contributed by atoms with Crippen LogP contribution in [-0.2, 0) is 26.0 Å². The van der Waals surface area contributed by atoms with Gasteiger partial charge in [-0.1, -0.05) is 12.1 Å². The maximum Gasteiger partial charge on any atom is 0.433 e. The zero-order chi connectivity index (χ0) is 21.6. The predicted octanol–water partition coefficient (Wildman–Crippen LogP) is 1.29. The Morgan fingerprint density at radius 2 is 1.90 bits per heavy atom. The number of rotatable bonds is 8. The Labute approximate surface area is 172 Å². The lowest BCUT2D eigenvalue weighted by Gasteiger charge is -2.26. The van der Waals surface area contributed by atoms with E-state index >= 15 is 0 Å². The monoisotopic (exact) mass is 436 g/mol. The molecule has 1 N–H and O–H groups in total. The summed E-state index contributed by atoms with van der Waals surface area (Å²) in [5.41, 5.74) is 3.11. The predicted molar refractivity (Wildman–Crippen MR) is 105 cm³/mol. The lowest BCUT2D eigenvalue weighted by molar-refractivity contribution is -0.402. The van der Waals surface area contributed by atoms with Crippen molar-refractivity contribution in [2.75, 3.05) is 26.3 Å². The van der Waals surface area contributed by atoms with Gasteiger partial charge in [0.05, 0.1) is 30.4 Å². The van der Waals surface area contributed by atoms with E-state index in [4.69, 9.17) is 9.15 Å². The number of hydrogen-bond donors (Lipinski definition) is 1. The number of sulfonamides is 1. The molecule has 1 saturated heterocycles. The topological polar surface area (TPSA) is 144 Å². The molecule has 1 fully saturated rings. The molecule has 0 unspecified atom stereocenters. The summed E-state index contributed by atoms with van der Waals surface area (Å²) in [5, 5.41) is 14.2. The minimum absolute atomic E-state index is 0.130. The van der Waals surface area contributed by atoms with Crippen molar-refractivity contribution in [1.29, 1.82) is 0 Å². The molecule has 0 saturated carbocycles. The first-order valence-corrected chi connectivity index (χ1v) is 10.5. The maximum absolute atomic E-state index is 12.6. The second kappa shape index (κ2) is 9.61. The number of benzene rings is 1. The molecule has 0 spiro atoms. The molecule has 0 aliphatic carbocycles. The molecule has 1 aliphatic rings. The number of nitro groups is 1. The van der Waals surface area contributed by atoms with Crippen molar-refractivity contribution in [2.24, 2.45) is 5.10 Å². The third kappa shape index (κ3) is 5.49. The molecular formula is C18H20N4O7S. The van der Waals surface area contributed by atoms with Crippen molar-refractivity contribution in [3.63, 3.8) is 0 Å². The van der Waals surface area contributed by atoms with Gasteiger partial charge in [-0.3, -0.25) is 14.9 Å². The van der Waals surface area contributed by atoms with E-state index in [0.717, 1.165) is 11.8 Å². The fourth-order valence-electron chi connectivity index (χ4n) is 2.76. The highest BCUT2D eigenvalue weighted by Crippen LogP contribution is 2.18. The Morgan fingerprint density at radius 3 is 2.53 bits per heavy atom. The molecule has 30 heavy (non-hydrogen) atoms. The number of hydrazone groups is 1. The Morgan fingerprint density at radius 1 is 1.20 bits per heavy atom. The van der Waals surface area contributed by atoms with Gasteiger partial charge in [-0.25, -0.2) is 13.8 Å². The number of amides is 1. The molecule has 2 aromatic rings. The second-order valence-electron chi connectivity index (χ2n) is 6.39. The molecule has 1 aromatic carbocycles. The lowest BCUT2D eigenvalue weighted by atomic mass is 10.1. The number of carbonyl (C=O) groups excluding carboxylic acids is 1. The van der Waals surface area contributed by atoms with Gasteiger partial charge < -0.3 is 9.15 Å². The molecule has 160 valence electrons. The Balaban J connectivity index is 1.48.